The number of benzene rings is 1. The zero-order valence-electron chi connectivity index (χ0n) is 20.2. The minimum Gasteiger partial charge on any atom is -0.373 e. The Labute approximate surface area is 218 Å². The highest BCUT2D eigenvalue weighted by Gasteiger charge is 2.34. The number of halogens is 5. The van der Waals surface area contributed by atoms with Gasteiger partial charge in [-0.25, -0.2) is 13.9 Å². The molecule has 0 amide bonds. The number of rotatable bonds is 3. The summed E-state index contributed by atoms with van der Waals surface area (Å²) in [7, 11) is 0. The lowest BCUT2D eigenvalue weighted by Gasteiger charge is -2.30. The summed E-state index contributed by atoms with van der Waals surface area (Å²) in [6.45, 7) is 3.50. The van der Waals surface area contributed by atoms with Crippen molar-refractivity contribution < 1.29 is 22.3 Å². The highest BCUT2D eigenvalue weighted by Crippen LogP contribution is 2.39. The number of hydrogen-bond donors (Lipinski definition) is 0. The lowest BCUT2D eigenvalue weighted by Crippen LogP contribution is -2.31. The Balaban J connectivity index is 1.62. The van der Waals surface area contributed by atoms with E-state index in [4.69, 9.17) is 16.3 Å². The van der Waals surface area contributed by atoms with E-state index in [1.165, 1.54) is 18.2 Å². The molecule has 1 aliphatic rings. The van der Waals surface area contributed by atoms with Gasteiger partial charge in [0.25, 0.3) is 11.1 Å². The van der Waals surface area contributed by atoms with Crippen LogP contribution in [0, 0.1) is 19.7 Å². The maximum Gasteiger partial charge on any atom is 0.491 e. The van der Waals surface area contributed by atoms with Gasteiger partial charge in [0.05, 0.1) is 11.8 Å². The summed E-state index contributed by atoms with van der Waals surface area (Å²) in [4.78, 5) is 29.4. The van der Waals surface area contributed by atoms with Crippen LogP contribution in [0.1, 0.15) is 47.4 Å². The number of ether oxygens (including phenoxy) is 1. The van der Waals surface area contributed by atoms with Crippen molar-refractivity contribution in [3.8, 4) is 11.1 Å². The summed E-state index contributed by atoms with van der Waals surface area (Å²) >= 11 is 5.94. The van der Waals surface area contributed by atoms with Crippen molar-refractivity contribution in [3.63, 3.8) is 0 Å². The standard InChI is InChI=1S/C26H21ClF4N4O3/c1-13-14(2)32-24-19(18-5-4-17(27)10-20(18)28)11-21(33-35(24)25(13)37)15-7-8-38-22(9-15)16-3-6-23(36)34(12-16)26(29,30)31/h3-6,10-12,15,22H,7-9H2,1-2H3/t15-,22+/m0/s1. The fourth-order valence-electron chi connectivity index (χ4n) is 4.62. The van der Waals surface area contributed by atoms with Crippen LogP contribution in [-0.4, -0.2) is 25.8 Å². The van der Waals surface area contributed by atoms with Crippen LogP contribution in [0.15, 0.2) is 52.2 Å². The summed E-state index contributed by atoms with van der Waals surface area (Å²) in [5.74, 6) is -0.949. The van der Waals surface area contributed by atoms with Gasteiger partial charge < -0.3 is 4.74 Å². The molecule has 0 radical (unpaired) electrons. The van der Waals surface area contributed by atoms with E-state index in [1.54, 1.807) is 19.9 Å². The van der Waals surface area contributed by atoms with Crippen molar-refractivity contribution in [1.29, 1.82) is 0 Å². The molecule has 1 aliphatic heterocycles. The molecule has 3 aromatic heterocycles. The first-order valence-corrected chi connectivity index (χ1v) is 12.1. The van der Waals surface area contributed by atoms with Gasteiger partial charge in [0.2, 0.25) is 0 Å². The second-order valence-electron chi connectivity index (χ2n) is 9.19. The summed E-state index contributed by atoms with van der Waals surface area (Å²) < 4.78 is 61.5. The molecule has 4 heterocycles. The zero-order chi connectivity index (χ0) is 27.4. The third-order valence-corrected chi connectivity index (χ3v) is 7.02. The minimum atomic E-state index is -4.87. The lowest BCUT2D eigenvalue weighted by atomic mass is 9.89. The number of nitrogens with zero attached hydrogens (tertiary/aromatic N) is 4. The van der Waals surface area contributed by atoms with Crippen molar-refractivity contribution in [2.24, 2.45) is 0 Å². The molecule has 2 atom stereocenters. The van der Waals surface area contributed by atoms with Crippen LogP contribution in [0.5, 0.6) is 0 Å². The molecule has 0 spiro atoms. The van der Waals surface area contributed by atoms with Crippen LogP contribution in [-0.2, 0) is 11.0 Å². The monoisotopic (exact) mass is 548 g/mol. The zero-order valence-corrected chi connectivity index (χ0v) is 21.0. The van der Waals surface area contributed by atoms with Gasteiger partial charge >= 0.3 is 6.30 Å². The highest BCUT2D eigenvalue weighted by molar-refractivity contribution is 6.30. The first kappa shape index (κ1) is 26.1. The molecule has 1 aromatic carbocycles. The molecule has 0 unspecified atom stereocenters. The van der Waals surface area contributed by atoms with E-state index in [2.05, 4.69) is 10.1 Å². The van der Waals surface area contributed by atoms with Crippen LogP contribution < -0.4 is 11.1 Å². The van der Waals surface area contributed by atoms with Gasteiger partial charge in [-0.2, -0.15) is 9.61 Å². The molecule has 0 aliphatic carbocycles. The Morgan fingerprint density at radius 3 is 2.55 bits per heavy atom. The Bertz CT molecular complexity index is 1680. The predicted octanol–water partition coefficient (Wildman–Crippen LogP) is 5.44. The summed E-state index contributed by atoms with van der Waals surface area (Å²) in [6.07, 6.45) is -4.21. The molecule has 0 N–H and O–H groups in total. The second-order valence-corrected chi connectivity index (χ2v) is 9.63. The van der Waals surface area contributed by atoms with E-state index in [-0.39, 0.29) is 45.3 Å². The van der Waals surface area contributed by atoms with E-state index in [1.807, 2.05) is 0 Å². The minimum absolute atomic E-state index is 0.170. The number of aryl methyl sites for hydroxylation is 1. The molecule has 0 saturated carbocycles. The Hall–Kier alpha value is -3.57. The van der Waals surface area contributed by atoms with Crippen LogP contribution in [0.3, 0.4) is 0 Å². The van der Waals surface area contributed by atoms with Gasteiger partial charge in [-0.3, -0.25) is 9.59 Å². The van der Waals surface area contributed by atoms with Crippen molar-refractivity contribution in [3.05, 3.63) is 96.7 Å². The Kier molecular flexibility index (Phi) is 6.60. The van der Waals surface area contributed by atoms with E-state index >= 15 is 4.39 Å². The first-order chi connectivity index (χ1) is 17.9. The smallest absolute Gasteiger partial charge is 0.373 e. The van der Waals surface area contributed by atoms with Crippen LogP contribution >= 0.6 is 11.6 Å². The number of alkyl halides is 3. The Morgan fingerprint density at radius 2 is 1.84 bits per heavy atom. The van der Waals surface area contributed by atoms with E-state index in [9.17, 15) is 22.8 Å². The number of fused-ring (bicyclic) bond motifs is 1. The summed E-state index contributed by atoms with van der Waals surface area (Å²) in [5, 5.41) is 4.74. The van der Waals surface area contributed by atoms with Crippen molar-refractivity contribution in [1.82, 2.24) is 19.2 Å². The van der Waals surface area contributed by atoms with Crippen molar-refractivity contribution >= 4 is 17.2 Å². The summed E-state index contributed by atoms with van der Waals surface area (Å²) in [5.41, 5.74) is 0.546. The quantitative estimate of drug-likeness (QED) is 0.319. The van der Waals surface area contributed by atoms with Crippen LogP contribution in [0.2, 0.25) is 5.02 Å². The van der Waals surface area contributed by atoms with Gasteiger partial charge in [-0.15, -0.1) is 13.2 Å². The number of pyridine rings is 1. The largest absolute Gasteiger partial charge is 0.491 e. The van der Waals surface area contributed by atoms with Gasteiger partial charge in [0.15, 0.2) is 5.65 Å². The molecule has 7 nitrogen and oxygen atoms in total. The normalized spacial score (nSPS) is 18.2. The highest BCUT2D eigenvalue weighted by atomic mass is 35.5. The maximum absolute atomic E-state index is 15.0. The molecule has 198 valence electrons. The molecule has 1 fully saturated rings. The fraction of sp³-hybridized carbons (Fsp3) is 0.308. The average Bonchev–Trinajstić information content (AvgIpc) is 2.87. The number of aromatic nitrogens is 4. The van der Waals surface area contributed by atoms with Crippen LogP contribution in [0.4, 0.5) is 17.6 Å². The third-order valence-electron chi connectivity index (χ3n) is 6.78. The van der Waals surface area contributed by atoms with Crippen molar-refractivity contribution in [2.45, 2.75) is 45.0 Å². The molecule has 38 heavy (non-hydrogen) atoms. The van der Waals surface area contributed by atoms with Crippen molar-refractivity contribution in [2.75, 3.05) is 6.61 Å². The van der Waals surface area contributed by atoms with Gasteiger partial charge in [-0.05, 0) is 62.6 Å². The molecular formula is C26H21ClF4N4O3. The molecule has 1 saturated heterocycles. The predicted molar refractivity (Wildman–Crippen MR) is 132 cm³/mol. The van der Waals surface area contributed by atoms with E-state index in [0.717, 1.165) is 22.8 Å². The summed E-state index contributed by atoms with van der Waals surface area (Å²) in [6, 6.07) is 7.97. The molecule has 12 heteroatoms. The topological polar surface area (TPSA) is 78.5 Å². The second kappa shape index (κ2) is 9.63. The maximum atomic E-state index is 15.0. The first-order valence-electron chi connectivity index (χ1n) is 11.7. The fourth-order valence-corrected chi connectivity index (χ4v) is 4.78. The van der Waals surface area contributed by atoms with Gasteiger partial charge in [-0.1, -0.05) is 11.6 Å². The van der Waals surface area contributed by atoms with Gasteiger partial charge in [0, 0.05) is 52.2 Å². The molecule has 0 bridgehead atoms. The van der Waals surface area contributed by atoms with E-state index in [0.29, 0.717) is 28.9 Å². The molecule has 4 aromatic rings. The molecular weight excluding hydrogens is 528 g/mol. The Morgan fingerprint density at radius 1 is 1.08 bits per heavy atom. The van der Waals surface area contributed by atoms with E-state index < -0.39 is 29.3 Å². The molecule has 5 rings (SSSR count). The van der Waals surface area contributed by atoms with Gasteiger partial charge in [0.1, 0.15) is 5.82 Å². The SMILES string of the molecule is Cc1nc2c(-c3ccc(Cl)cc3F)cc([C@H]3CCO[C@@H](c4ccc(=O)n(C(F)(F)F)c4)C3)nn2c(=O)c1C. The average molecular weight is 549 g/mol. The van der Waals surface area contributed by atoms with Crippen LogP contribution in [0.25, 0.3) is 16.8 Å². The third kappa shape index (κ3) is 4.71. The lowest BCUT2D eigenvalue weighted by molar-refractivity contribution is -0.206. The number of hydrogen-bond acceptors (Lipinski definition) is 5.